The first kappa shape index (κ1) is 13.8. The third kappa shape index (κ3) is 3.22. The minimum atomic E-state index is -0.364. The van der Waals surface area contributed by atoms with Crippen molar-refractivity contribution < 1.29 is 4.92 Å². The molecule has 1 N–H and O–H groups in total. The fourth-order valence-corrected chi connectivity index (χ4v) is 2.68. The Kier molecular flexibility index (Phi) is 4.02. The van der Waals surface area contributed by atoms with Crippen LogP contribution in [0.3, 0.4) is 0 Å². The molecule has 3 atom stereocenters. The van der Waals surface area contributed by atoms with Gasteiger partial charge in [0.1, 0.15) is 0 Å². The zero-order valence-electron chi connectivity index (χ0n) is 11.7. The molecule has 1 fully saturated rings. The number of nitrogens with zero attached hydrogens (tertiary/aromatic N) is 2. The lowest BCUT2D eigenvalue weighted by Gasteiger charge is -2.32. The molecule has 1 aromatic rings. The molecule has 0 bridgehead atoms. The number of hydrogen-bond donors (Lipinski definition) is 1. The predicted molar refractivity (Wildman–Crippen MR) is 75.2 cm³/mol. The minimum absolute atomic E-state index is 0.0753. The number of nitro groups is 1. The van der Waals surface area contributed by atoms with Crippen LogP contribution in [0.25, 0.3) is 0 Å². The Morgan fingerprint density at radius 1 is 1.37 bits per heavy atom. The van der Waals surface area contributed by atoms with E-state index in [1.54, 1.807) is 12.3 Å². The maximum Gasteiger partial charge on any atom is 0.311 e. The van der Waals surface area contributed by atoms with E-state index in [1.807, 2.05) is 6.92 Å². The standard InChI is InChI=1S/C14H21N3O2/c1-9-6-13(17(18)19)14(15-8-9)16-12-5-4-10(2)11(3)7-12/h6,8,10-12H,4-5,7H2,1-3H3,(H,15,16). The molecule has 0 spiro atoms. The Labute approximate surface area is 113 Å². The summed E-state index contributed by atoms with van der Waals surface area (Å²) in [7, 11) is 0. The Morgan fingerprint density at radius 2 is 2.11 bits per heavy atom. The molecule has 1 aliphatic rings. The van der Waals surface area contributed by atoms with E-state index in [1.165, 1.54) is 6.42 Å². The van der Waals surface area contributed by atoms with Crippen LogP contribution in [-0.2, 0) is 0 Å². The van der Waals surface area contributed by atoms with Crippen molar-refractivity contribution in [3.63, 3.8) is 0 Å². The third-order valence-corrected chi connectivity index (χ3v) is 4.14. The summed E-state index contributed by atoms with van der Waals surface area (Å²) in [6.07, 6.45) is 4.94. The van der Waals surface area contributed by atoms with Gasteiger partial charge in [0.25, 0.3) is 0 Å². The molecule has 1 aliphatic carbocycles. The maximum atomic E-state index is 11.1. The third-order valence-electron chi connectivity index (χ3n) is 4.14. The lowest BCUT2D eigenvalue weighted by atomic mass is 9.79. The van der Waals surface area contributed by atoms with Crippen LogP contribution in [0, 0.1) is 28.9 Å². The van der Waals surface area contributed by atoms with Crippen LogP contribution >= 0.6 is 0 Å². The van der Waals surface area contributed by atoms with Crippen LogP contribution in [0.4, 0.5) is 11.5 Å². The Bertz CT molecular complexity index is 476. The van der Waals surface area contributed by atoms with E-state index >= 15 is 0 Å². The molecule has 5 heteroatoms. The molecule has 3 unspecified atom stereocenters. The van der Waals surface area contributed by atoms with E-state index in [2.05, 4.69) is 24.1 Å². The molecule has 1 heterocycles. The van der Waals surface area contributed by atoms with Crippen molar-refractivity contribution in [3.8, 4) is 0 Å². The van der Waals surface area contributed by atoms with Gasteiger partial charge in [0.05, 0.1) is 4.92 Å². The molecule has 0 radical (unpaired) electrons. The second-order valence-corrected chi connectivity index (χ2v) is 5.75. The van der Waals surface area contributed by atoms with Crippen molar-refractivity contribution >= 4 is 11.5 Å². The average Bonchev–Trinajstić information content (AvgIpc) is 2.36. The summed E-state index contributed by atoms with van der Waals surface area (Å²) in [4.78, 5) is 14.9. The van der Waals surface area contributed by atoms with E-state index in [-0.39, 0.29) is 10.6 Å². The first-order chi connectivity index (χ1) is 8.97. The van der Waals surface area contributed by atoms with E-state index < -0.39 is 0 Å². The van der Waals surface area contributed by atoms with Crippen molar-refractivity contribution in [3.05, 3.63) is 27.9 Å². The van der Waals surface area contributed by atoms with Gasteiger partial charge in [0, 0.05) is 18.3 Å². The first-order valence-electron chi connectivity index (χ1n) is 6.85. The van der Waals surface area contributed by atoms with E-state index in [0.29, 0.717) is 17.8 Å². The summed E-state index contributed by atoms with van der Waals surface area (Å²) in [5.41, 5.74) is 0.883. The first-order valence-corrected chi connectivity index (χ1v) is 6.85. The largest absolute Gasteiger partial charge is 0.362 e. The van der Waals surface area contributed by atoms with Gasteiger partial charge < -0.3 is 5.32 Å². The van der Waals surface area contributed by atoms with Crippen molar-refractivity contribution in [1.82, 2.24) is 4.98 Å². The highest BCUT2D eigenvalue weighted by Gasteiger charge is 2.26. The fraction of sp³-hybridized carbons (Fsp3) is 0.643. The van der Waals surface area contributed by atoms with Gasteiger partial charge in [-0.15, -0.1) is 0 Å². The number of pyridine rings is 1. The predicted octanol–water partition coefficient (Wildman–Crippen LogP) is 3.53. The molecule has 1 aromatic heterocycles. The number of aromatic nitrogens is 1. The van der Waals surface area contributed by atoms with Crippen molar-refractivity contribution in [2.75, 3.05) is 5.32 Å². The normalized spacial score (nSPS) is 27.0. The lowest BCUT2D eigenvalue weighted by Crippen LogP contribution is -2.30. The van der Waals surface area contributed by atoms with Gasteiger partial charge >= 0.3 is 5.69 Å². The van der Waals surface area contributed by atoms with Crippen LogP contribution in [0.2, 0.25) is 0 Å². The topological polar surface area (TPSA) is 68.1 Å². The second kappa shape index (κ2) is 5.55. The van der Waals surface area contributed by atoms with Gasteiger partial charge in [-0.1, -0.05) is 13.8 Å². The number of nitrogens with one attached hydrogen (secondary N) is 1. The zero-order valence-corrected chi connectivity index (χ0v) is 11.7. The molecular weight excluding hydrogens is 242 g/mol. The quantitative estimate of drug-likeness (QED) is 0.669. The van der Waals surface area contributed by atoms with Crippen LogP contribution in [-0.4, -0.2) is 15.9 Å². The summed E-state index contributed by atoms with van der Waals surface area (Å²) in [5.74, 6) is 1.79. The number of aryl methyl sites for hydroxylation is 1. The summed E-state index contributed by atoms with van der Waals surface area (Å²) < 4.78 is 0. The minimum Gasteiger partial charge on any atom is -0.362 e. The van der Waals surface area contributed by atoms with E-state index in [0.717, 1.165) is 24.3 Å². The van der Waals surface area contributed by atoms with Crippen molar-refractivity contribution in [1.29, 1.82) is 0 Å². The average molecular weight is 263 g/mol. The van der Waals surface area contributed by atoms with Gasteiger partial charge in [-0.2, -0.15) is 0 Å². The molecule has 19 heavy (non-hydrogen) atoms. The monoisotopic (exact) mass is 263 g/mol. The lowest BCUT2D eigenvalue weighted by molar-refractivity contribution is -0.384. The van der Waals surface area contributed by atoms with Crippen LogP contribution in [0.1, 0.15) is 38.7 Å². The van der Waals surface area contributed by atoms with Crippen LogP contribution < -0.4 is 5.32 Å². The number of rotatable bonds is 3. The highest BCUT2D eigenvalue weighted by atomic mass is 16.6. The molecule has 104 valence electrons. The molecule has 0 aliphatic heterocycles. The Morgan fingerprint density at radius 3 is 2.74 bits per heavy atom. The van der Waals surface area contributed by atoms with Crippen LogP contribution in [0.15, 0.2) is 12.3 Å². The SMILES string of the molecule is Cc1cnc(NC2CCC(C)C(C)C2)c([N+](=O)[O-])c1. The fourth-order valence-electron chi connectivity index (χ4n) is 2.68. The Hall–Kier alpha value is -1.65. The molecule has 0 amide bonds. The second-order valence-electron chi connectivity index (χ2n) is 5.75. The van der Waals surface area contributed by atoms with Gasteiger partial charge in [-0.3, -0.25) is 10.1 Å². The summed E-state index contributed by atoms with van der Waals surface area (Å²) in [6.45, 7) is 6.33. The van der Waals surface area contributed by atoms with Gasteiger partial charge in [-0.05, 0) is 43.6 Å². The maximum absolute atomic E-state index is 11.1. The number of anilines is 1. The molecule has 5 nitrogen and oxygen atoms in total. The Balaban J connectivity index is 2.13. The summed E-state index contributed by atoms with van der Waals surface area (Å²) in [5, 5.41) is 14.3. The highest BCUT2D eigenvalue weighted by Crippen LogP contribution is 2.32. The zero-order chi connectivity index (χ0) is 14.0. The smallest absolute Gasteiger partial charge is 0.311 e. The van der Waals surface area contributed by atoms with Gasteiger partial charge in [-0.25, -0.2) is 4.98 Å². The van der Waals surface area contributed by atoms with Crippen LogP contribution in [0.5, 0.6) is 0 Å². The molecule has 1 saturated carbocycles. The number of hydrogen-bond acceptors (Lipinski definition) is 4. The molecular formula is C14H21N3O2. The van der Waals surface area contributed by atoms with Crippen molar-refractivity contribution in [2.24, 2.45) is 11.8 Å². The molecule has 2 rings (SSSR count). The highest BCUT2D eigenvalue weighted by molar-refractivity contribution is 5.57. The van der Waals surface area contributed by atoms with E-state index in [4.69, 9.17) is 0 Å². The van der Waals surface area contributed by atoms with E-state index in [9.17, 15) is 10.1 Å². The molecule has 0 saturated heterocycles. The summed E-state index contributed by atoms with van der Waals surface area (Å²) in [6, 6.07) is 1.87. The van der Waals surface area contributed by atoms with Gasteiger partial charge in [0.15, 0.2) is 0 Å². The molecule has 0 aromatic carbocycles. The summed E-state index contributed by atoms with van der Waals surface area (Å²) >= 11 is 0. The van der Waals surface area contributed by atoms with Gasteiger partial charge in [0.2, 0.25) is 5.82 Å². The van der Waals surface area contributed by atoms with Crippen molar-refractivity contribution in [2.45, 2.75) is 46.1 Å².